The molecule has 0 radical (unpaired) electrons. The summed E-state index contributed by atoms with van der Waals surface area (Å²) in [4.78, 5) is 11.0. The fraction of sp³-hybridized carbons (Fsp3) is 0.364. The van der Waals surface area contributed by atoms with E-state index in [2.05, 4.69) is 17.4 Å². The van der Waals surface area contributed by atoms with Crippen LogP contribution < -0.4 is 5.32 Å². The summed E-state index contributed by atoms with van der Waals surface area (Å²) in [6.07, 6.45) is 1.04. The summed E-state index contributed by atoms with van der Waals surface area (Å²) in [5, 5.41) is 2.93. The maximum Gasteiger partial charge on any atom is 0.215 e. The van der Waals surface area contributed by atoms with Crippen molar-refractivity contribution < 1.29 is 9.53 Å². The van der Waals surface area contributed by atoms with Crippen LogP contribution in [0.25, 0.3) is 0 Å². The van der Waals surface area contributed by atoms with Crippen molar-refractivity contribution in [2.24, 2.45) is 0 Å². The van der Waals surface area contributed by atoms with Crippen LogP contribution in [0.1, 0.15) is 5.56 Å². The van der Waals surface area contributed by atoms with Crippen molar-refractivity contribution in [3.05, 3.63) is 35.9 Å². The van der Waals surface area contributed by atoms with Gasteiger partial charge in [-0.2, -0.15) is 0 Å². The van der Waals surface area contributed by atoms with Gasteiger partial charge in [0.15, 0.2) is 5.81 Å². The molecule has 4 heteroatoms. The Balaban J connectivity index is 1.97. The quantitative estimate of drug-likeness (QED) is 0.566. The number of epoxide rings is 1. The molecule has 2 atom stereocenters. The Bertz CT molecular complexity index is 338. The number of ether oxygens (including phenoxy) is 1. The third kappa shape index (κ3) is 3.10. The van der Waals surface area contributed by atoms with Crippen molar-refractivity contribution >= 4 is 13.7 Å². The first kappa shape index (κ1) is 10.2. The third-order valence-electron chi connectivity index (χ3n) is 2.49. The Labute approximate surface area is 90.2 Å². The van der Waals surface area contributed by atoms with Gasteiger partial charge in [0.2, 0.25) is 7.85 Å². The van der Waals surface area contributed by atoms with Gasteiger partial charge in [-0.3, -0.25) is 4.79 Å². The molecule has 0 bridgehead atoms. The minimum absolute atomic E-state index is 0.00595. The van der Waals surface area contributed by atoms with Gasteiger partial charge in [0, 0.05) is 0 Å². The molecule has 1 unspecified atom stereocenters. The van der Waals surface area contributed by atoms with Crippen LogP contribution in [0.2, 0.25) is 0 Å². The number of benzene rings is 1. The molecule has 1 fully saturated rings. The molecule has 0 aromatic heterocycles. The highest BCUT2D eigenvalue weighted by Crippen LogP contribution is 2.17. The van der Waals surface area contributed by atoms with Gasteiger partial charge in [-0.05, 0) is 12.0 Å². The van der Waals surface area contributed by atoms with Crippen LogP contribution in [0.4, 0.5) is 4.79 Å². The second-order valence-electron chi connectivity index (χ2n) is 3.87. The lowest BCUT2D eigenvalue weighted by Crippen LogP contribution is -2.39. The lowest BCUT2D eigenvalue weighted by molar-refractivity contribution is 0.251. The highest BCUT2D eigenvalue weighted by molar-refractivity contribution is 6.57. The molecule has 3 nitrogen and oxygen atoms in total. The fourth-order valence-corrected chi connectivity index (χ4v) is 1.69. The third-order valence-corrected chi connectivity index (χ3v) is 2.49. The minimum atomic E-state index is 0.00595. The predicted octanol–water partition coefficient (Wildman–Crippen LogP) is 0.339. The summed E-state index contributed by atoms with van der Waals surface area (Å²) in [6, 6.07) is 10.3. The number of carbonyl (C=O) groups is 1. The van der Waals surface area contributed by atoms with Gasteiger partial charge < -0.3 is 10.1 Å². The zero-order valence-corrected chi connectivity index (χ0v) is 8.77. The molecule has 15 heavy (non-hydrogen) atoms. The Hall–Kier alpha value is -1.29. The average molecular weight is 203 g/mol. The van der Waals surface area contributed by atoms with E-state index in [1.165, 1.54) is 5.56 Å². The summed E-state index contributed by atoms with van der Waals surface area (Å²) in [5.41, 5.74) is 1.23. The summed E-state index contributed by atoms with van der Waals surface area (Å²) < 4.78 is 5.23. The van der Waals surface area contributed by atoms with E-state index in [4.69, 9.17) is 4.74 Å². The van der Waals surface area contributed by atoms with Gasteiger partial charge in [0.05, 0.1) is 12.6 Å². The van der Waals surface area contributed by atoms with Crippen LogP contribution in [0.5, 0.6) is 0 Å². The molecule has 1 amide bonds. The van der Waals surface area contributed by atoms with E-state index in [1.54, 1.807) is 7.85 Å². The van der Waals surface area contributed by atoms with E-state index < -0.39 is 0 Å². The molecule has 0 aliphatic carbocycles. The summed E-state index contributed by atoms with van der Waals surface area (Å²) in [5.74, 6) is 0.00595. The Morgan fingerprint density at radius 3 is 2.73 bits per heavy atom. The Kier molecular flexibility index (Phi) is 3.06. The van der Waals surface area contributed by atoms with Gasteiger partial charge in [0.1, 0.15) is 6.10 Å². The average Bonchev–Trinajstić information content (AvgIpc) is 3.01. The molecule has 0 spiro atoms. The number of hydrogen-bond acceptors (Lipinski definition) is 2. The van der Waals surface area contributed by atoms with Crippen molar-refractivity contribution in [1.82, 2.24) is 5.32 Å². The first-order chi connectivity index (χ1) is 7.25. The normalized spacial score (nSPS) is 20.7. The minimum Gasteiger partial charge on any atom is -0.371 e. The molecule has 0 saturated carbocycles. The smallest absolute Gasteiger partial charge is 0.215 e. The van der Waals surface area contributed by atoms with Crippen molar-refractivity contribution in [3.63, 3.8) is 0 Å². The van der Waals surface area contributed by atoms with Crippen LogP contribution >= 0.6 is 0 Å². The fourth-order valence-electron chi connectivity index (χ4n) is 1.69. The number of rotatable bonds is 4. The van der Waals surface area contributed by atoms with E-state index in [1.807, 2.05) is 18.2 Å². The molecule has 1 aromatic carbocycles. The molecule has 1 aromatic rings. The molecule has 2 rings (SSSR count). The highest BCUT2D eigenvalue weighted by atomic mass is 16.6. The maximum absolute atomic E-state index is 11.0. The summed E-state index contributed by atoms with van der Waals surface area (Å²) in [7, 11) is 1.54. The van der Waals surface area contributed by atoms with E-state index >= 15 is 0 Å². The summed E-state index contributed by atoms with van der Waals surface area (Å²) in [6.45, 7) is 0.762. The Morgan fingerprint density at radius 1 is 1.53 bits per heavy atom. The molecule has 1 saturated heterocycles. The summed E-state index contributed by atoms with van der Waals surface area (Å²) >= 11 is 0. The molecule has 1 aliphatic rings. The van der Waals surface area contributed by atoms with E-state index in [-0.39, 0.29) is 18.0 Å². The van der Waals surface area contributed by atoms with E-state index in [0.717, 1.165) is 13.0 Å². The first-order valence-electron chi connectivity index (χ1n) is 5.18. The molecular formula is C11H14BNO2. The van der Waals surface area contributed by atoms with Gasteiger partial charge in [-0.25, -0.2) is 0 Å². The number of hydrogen-bond donors (Lipinski definition) is 1. The van der Waals surface area contributed by atoms with Crippen LogP contribution in [0.3, 0.4) is 0 Å². The van der Waals surface area contributed by atoms with Crippen molar-refractivity contribution in [2.45, 2.75) is 18.6 Å². The van der Waals surface area contributed by atoms with Gasteiger partial charge in [-0.15, -0.1) is 0 Å². The largest absolute Gasteiger partial charge is 0.371 e. The van der Waals surface area contributed by atoms with Crippen LogP contribution in [-0.4, -0.2) is 32.4 Å². The standard InChI is InChI=1S/C11H14BNO2/c12-11(14)13-9(10-7-15-10)6-8-4-2-1-3-5-8/h1-5,9-10H,6-7,12H2,(H,13,14)/t9?,10-/m1/s1. The van der Waals surface area contributed by atoms with E-state index in [0.29, 0.717) is 0 Å². The van der Waals surface area contributed by atoms with Crippen molar-refractivity contribution in [3.8, 4) is 0 Å². The van der Waals surface area contributed by atoms with Crippen molar-refractivity contribution in [1.29, 1.82) is 0 Å². The molecule has 1 aliphatic heterocycles. The second-order valence-corrected chi connectivity index (χ2v) is 3.87. The molecular weight excluding hydrogens is 189 g/mol. The monoisotopic (exact) mass is 203 g/mol. The van der Waals surface area contributed by atoms with E-state index in [9.17, 15) is 4.79 Å². The lowest BCUT2D eigenvalue weighted by atomic mass is 10.0. The SMILES string of the molecule is BC(=O)NC(Cc1ccccc1)[C@H]1CO1. The maximum atomic E-state index is 11.0. The van der Waals surface area contributed by atoms with Crippen molar-refractivity contribution in [2.75, 3.05) is 6.61 Å². The zero-order valence-electron chi connectivity index (χ0n) is 8.77. The molecule has 78 valence electrons. The topological polar surface area (TPSA) is 41.6 Å². The number of nitrogens with one attached hydrogen (secondary N) is 1. The predicted molar refractivity (Wildman–Crippen MR) is 60.7 cm³/mol. The lowest BCUT2D eigenvalue weighted by Gasteiger charge is -2.15. The molecule has 1 heterocycles. The molecule has 1 N–H and O–H groups in total. The van der Waals surface area contributed by atoms with Gasteiger partial charge >= 0.3 is 0 Å². The Morgan fingerprint density at radius 2 is 2.20 bits per heavy atom. The first-order valence-corrected chi connectivity index (χ1v) is 5.18. The zero-order chi connectivity index (χ0) is 10.7. The number of carbonyl (C=O) groups excluding carboxylic acids is 1. The van der Waals surface area contributed by atoms with Gasteiger partial charge in [0.25, 0.3) is 0 Å². The number of amides is 1. The van der Waals surface area contributed by atoms with Crippen LogP contribution in [-0.2, 0) is 11.2 Å². The highest BCUT2D eigenvalue weighted by Gasteiger charge is 2.33. The van der Waals surface area contributed by atoms with Gasteiger partial charge in [-0.1, -0.05) is 30.3 Å². The van der Waals surface area contributed by atoms with Crippen LogP contribution in [0, 0.1) is 0 Å². The second kappa shape index (κ2) is 4.49. The van der Waals surface area contributed by atoms with Crippen LogP contribution in [0.15, 0.2) is 30.3 Å².